The number of nitrogens with two attached hydrogens (primary N) is 1. The number of anilines is 1. The number of nitrogens with zero attached hydrogens (tertiary/aromatic N) is 4. The van der Waals surface area contributed by atoms with Crippen molar-refractivity contribution < 1.29 is 4.74 Å². The van der Waals surface area contributed by atoms with E-state index in [0.717, 1.165) is 55.2 Å². The van der Waals surface area contributed by atoms with E-state index in [1.165, 1.54) is 5.56 Å². The van der Waals surface area contributed by atoms with E-state index in [-0.39, 0.29) is 0 Å². The van der Waals surface area contributed by atoms with Crippen molar-refractivity contribution in [3.8, 4) is 17.0 Å². The molecule has 0 spiro atoms. The third-order valence-corrected chi connectivity index (χ3v) is 5.19. The second-order valence-corrected chi connectivity index (χ2v) is 6.89. The Morgan fingerprint density at radius 1 is 1.19 bits per heavy atom. The summed E-state index contributed by atoms with van der Waals surface area (Å²) in [5.41, 5.74) is 10.2. The Balaban J connectivity index is 1.40. The molecule has 27 heavy (non-hydrogen) atoms. The molecule has 3 heterocycles. The summed E-state index contributed by atoms with van der Waals surface area (Å²) in [6.07, 6.45) is 5.83. The van der Waals surface area contributed by atoms with Crippen molar-refractivity contribution in [3.63, 3.8) is 0 Å². The van der Waals surface area contributed by atoms with Crippen LogP contribution in [0.5, 0.6) is 5.75 Å². The Hall–Kier alpha value is -2.93. The molecule has 7 nitrogen and oxygen atoms in total. The summed E-state index contributed by atoms with van der Waals surface area (Å²) >= 11 is 0. The minimum Gasteiger partial charge on any atom is -0.497 e. The number of ether oxygens (including phenoxy) is 1. The van der Waals surface area contributed by atoms with Crippen LogP contribution in [0.3, 0.4) is 0 Å². The lowest BCUT2D eigenvalue weighted by Crippen LogP contribution is -2.32. The third-order valence-electron chi connectivity index (χ3n) is 5.19. The van der Waals surface area contributed by atoms with Crippen LogP contribution in [0.25, 0.3) is 11.3 Å². The van der Waals surface area contributed by atoms with Crippen molar-refractivity contribution in [2.75, 3.05) is 25.9 Å². The zero-order valence-corrected chi connectivity index (χ0v) is 15.4. The quantitative estimate of drug-likeness (QED) is 0.723. The van der Waals surface area contributed by atoms with Gasteiger partial charge in [-0.3, -0.25) is 10.00 Å². The van der Waals surface area contributed by atoms with Gasteiger partial charge in [-0.05, 0) is 56.3 Å². The Kier molecular flexibility index (Phi) is 5.02. The molecule has 3 N–H and O–H groups in total. The summed E-state index contributed by atoms with van der Waals surface area (Å²) in [5, 5.41) is 7.41. The molecule has 1 aromatic carbocycles. The predicted octanol–water partition coefficient (Wildman–Crippen LogP) is 2.84. The smallest absolute Gasteiger partial charge is 0.220 e. The van der Waals surface area contributed by atoms with Crippen molar-refractivity contribution in [1.29, 1.82) is 0 Å². The number of nitrogen functional groups attached to an aromatic ring is 1. The molecule has 1 aliphatic heterocycles. The number of nitrogens with one attached hydrogen (secondary N) is 1. The first-order valence-electron chi connectivity index (χ1n) is 9.20. The van der Waals surface area contributed by atoms with Gasteiger partial charge in [-0.15, -0.1) is 0 Å². The topological polar surface area (TPSA) is 93.0 Å². The Morgan fingerprint density at radius 3 is 2.67 bits per heavy atom. The molecule has 0 radical (unpaired) electrons. The van der Waals surface area contributed by atoms with Crippen LogP contribution in [0.4, 0.5) is 5.95 Å². The highest BCUT2D eigenvalue weighted by Crippen LogP contribution is 2.29. The molecule has 3 aromatic rings. The van der Waals surface area contributed by atoms with Crippen LogP contribution in [-0.2, 0) is 6.54 Å². The van der Waals surface area contributed by atoms with Gasteiger partial charge in [-0.25, -0.2) is 9.97 Å². The monoisotopic (exact) mass is 364 g/mol. The number of aromatic nitrogens is 4. The lowest BCUT2D eigenvalue weighted by Gasteiger charge is -2.31. The predicted molar refractivity (Wildman–Crippen MR) is 104 cm³/mol. The number of hydrogen-bond acceptors (Lipinski definition) is 6. The third kappa shape index (κ3) is 3.93. The fourth-order valence-electron chi connectivity index (χ4n) is 3.68. The van der Waals surface area contributed by atoms with Gasteiger partial charge in [-0.2, -0.15) is 5.10 Å². The molecule has 1 saturated heterocycles. The van der Waals surface area contributed by atoms with Gasteiger partial charge in [0.05, 0.1) is 19.0 Å². The van der Waals surface area contributed by atoms with Gasteiger partial charge in [0.1, 0.15) is 5.75 Å². The fraction of sp³-hybridized carbons (Fsp3) is 0.350. The van der Waals surface area contributed by atoms with Crippen molar-refractivity contribution >= 4 is 5.95 Å². The molecule has 2 aromatic heterocycles. The summed E-state index contributed by atoms with van der Waals surface area (Å²) < 4.78 is 5.24. The van der Waals surface area contributed by atoms with Crippen LogP contribution < -0.4 is 10.5 Å². The van der Waals surface area contributed by atoms with Crippen LogP contribution in [-0.4, -0.2) is 45.3 Å². The van der Waals surface area contributed by atoms with Crippen molar-refractivity contribution in [2.24, 2.45) is 0 Å². The summed E-state index contributed by atoms with van der Waals surface area (Å²) in [7, 11) is 1.68. The molecular weight excluding hydrogens is 340 g/mol. The lowest BCUT2D eigenvalue weighted by atomic mass is 9.93. The number of aromatic amines is 1. The van der Waals surface area contributed by atoms with E-state index in [0.29, 0.717) is 11.9 Å². The van der Waals surface area contributed by atoms with Crippen molar-refractivity contribution in [2.45, 2.75) is 25.3 Å². The minimum atomic E-state index is 0.359. The van der Waals surface area contributed by atoms with Crippen LogP contribution in [0.15, 0.2) is 42.7 Å². The normalized spacial score (nSPS) is 15.7. The van der Waals surface area contributed by atoms with E-state index in [1.54, 1.807) is 13.3 Å². The second-order valence-electron chi connectivity index (χ2n) is 6.89. The number of hydrogen-bond donors (Lipinski definition) is 2. The van der Waals surface area contributed by atoms with E-state index in [1.807, 2.05) is 24.4 Å². The Bertz CT molecular complexity index is 883. The highest BCUT2D eigenvalue weighted by atomic mass is 16.5. The molecule has 0 amide bonds. The SMILES string of the molecule is COc1ccc(-c2[nH]ncc2CN2CCC(c3ccnc(N)n3)CC2)cc1. The maximum atomic E-state index is 5.72. The highest BCUT2D eigenvalue weighted by molar-refractivity contribution is 5.63. The molecule has 1 fully saturated rings. The van der Waals surface area contributed by atoms with Crippen molar-refractivity contribution in [3.05, 3.63) is 54.0 Å². The molecule has 0 atom stereocenters. The molecule has 0 unspecified atom stereocenters. The minimum absolute atomic E-state index is 0.359. The van der Waals surface area contributed by atoms with Gasteiger partial charge < -0.3 is 10.5 Å². The van der Waals surface area contributed by atoms with Crippen LogP contribution in [0.1, 0.15) is 30.0 Å². The molecule has 1 aliphatic rings. The number of piperidine rings is 1. The largest absolute Gasteiger partial charge is 0.497 e. The molecule has 0 aliphatic carbocycles. The summed E-state index contributed by atoms with van der Waals surface area (Å²) in [6, 6.07) is 10.0. The highest BCUT2D eigenvalue weighted by Gasteiger charge is 2.23. The van der Waals surface area contributed by atoms with Crippen LogP contribution in [0, 0.1) is 0 Å². The summed E-state index contributed by atoms with van der Waals surface area (Å²) in [6.45, 7) is 2.94. The van der Waals surface area contributed by atoms with Gasteiger partial charge in [0.15, 0.2) is 0 Å². The first-order valence-corrected chi connectivity index (χ1v) is 9.20. The first kappa shape index (κ1) is 17.5. The van der Waals surface area contributed by atoms with E-state index in [9.17, 15) is 0 Å². The van der Waals surface area contributed by atoms with Crippen molar-refractivity contribution in [1.82, 2.24) is 25.1 Å². The Labute approximate surface area is 158 Å². The van der Waals surface area contributed by atoms with E-state index in [4.69, 9.17) is 10.5 Å². The van der Waals surface area contributed by atoms with Gasteiger partial charge in [-0.1, -0.05) is 0 Å². The van der Waals surface area contributed by atoms with Crippen LogP contribution in [0.2, 0.25) is 0 Å². The zero-order chi connectivity index (χ0) is 18.6. The number of methoxy groups -OCH3 is 1. The maximum Gasteiger partial charge on any atom is 0.220 e. The molecule has 4 rings (SSSR count). The van der Waals surface area contributed by atoms with Gasteiger partial charge in [0.2, 0.25) is 5.95 Å². The average molecular weight is 364 g/mol. The number of likely N-dealkylation sites (tertiary alicyclic amines) is 1. The molecule has 0 bridgehead atoms. The lowest BCUT2D eigenvalue weighted by molar-refractivity contribution is 0.203. The molecule has 0 saturated carbocycles. The van der Waals surface area contributed by atoms with E-state index in [2.05, 4.69) is 37.2 Å². The fourth-order valence-corrected chi connectivity index (χ4v) is 3.68. The second kappa shape index (κ2) is 7.75. The number of benzene rings is 1. The standard InChI is InChI=1S/C20H24N6O/c1-27-17-4-2-15(3-5-17)19-16(12-23-25-19)13-26-10-7-14(8-11-26)18-6-9-22-20(21)24-18/h2-6,9,12,14H,7-8,10-11,13H2,1H3,(H,23,25)(H2,21,22,24). The molecular formula is C20H24N6O. The van der Waals surface area contributed by atoms with Gasteiger partial charge >= 0.3 is 0 Å². The summed E-state index contributed by atoms with van der Waals surface area (Å²) in [4.78, 5) is 10.8. The maximum absolute atomic E-state index is 5.72. The van der Waals surface area contributed by atoms with Gasteiger partial charge in [0, 0.05) is 35.5 Å². The molecule has 140 valence electrons. The van der Waals surface area contributed by atoms with Crippen LogP contribution >= 0.6 is 0 Å². The van der Waals surface area contributed by atoms with E-state index < -0.39 is 0 Å². The Morgan fingerprint density at radius 2 is 1.96 bits per heavy atom. The number of rotatable bonds is 5. The number of H-pyrrole nitrogens is 1. The summed E-state index contributed by atoms with van der Waals surface area (Å²) in [5.74, 6) is 1.67. The first-order chi connectivity index (χ1) is 13.2. The average Bonchev–Trinajstić information content (AvgIpc) is 3.17. The van der Waals surface area contributed by atoms with E-state index >= 15 is 0 Å². The zero-order valence-electron chi connectivity index (χ0n) is 15.4. The van der Waals surface area contributed by atoms with Gasteiger partial charge in [0.25, 0.3) is 0 Å². The molecule has 7 heteroatoms.